The molecule has 0 N–H and O–H groups in total. The molecule has 0 unspecified atom stereocenters. The van der Waals surface area contributed by atoms with Crippen LogP contribution in [0.3, 0.4) is 0 Å². The first-order chi connectivity index (χ1) is 5.57. The maximum Gasteiger partial charge on any atom is 0.497 e. The molecule has 0 saturated carbocycles. The van der Waals surface area contributed by atoms with Crippen molar-refractivity contribution in [3.8, 4) is 0 Å². The minimum absolute atomic E-state index is 1.88. The van der Waals surface area contributed by atoms with Gasteiger partial charge in [0.2, 0.25) is 0 Å². The molecular formula is O8P4. The Bertz CT molecular complexity index is 269. The number of rotatable bonds is 0. The van der Waals surface area contributed by atoms with E-state index in [0.717, 1.165) is 0 Å². The first kappa shape index (κ1) is 8.39. The quantitative estimate of drug-likeness (QED) is 0.607. The van der Waals surface area contributed by atoms with Crippen LogP contribution in [0.4, 0.5) is 0 Å². The van der Waals surface area contributed by atoms with Gasteiger partial charge in [-0.3, -0.25) is 0 Å². The van der Waals surface area contributed by atoms with E-state index < -0.39 is 32.9 Å². The summed E-state index contributed by atoms with van der Waals surface area (Å²) in [5.74, 6) is 0. The Balaban J connectivity index is 2.09. The minimum Gasteiger partial charge on any atom is -0.236 e. The van der Waals surface area contributed by atoms with E-state index in [4.69, 9.17) is 4.31 Å². The molecule has 0 aromatic heterocycles. The van der Waals surface area contributed by atoms with Crippen LogP contribution in [0.1, 0.15) is 0 Å². The Morgan fingerprint density at radius 2 is 1.25 bits per heavy atom. The van der Waals surface area contributed by atoms with Gasteiger partial charge in [-0.15, -0.1) is 0 Å². The normalized spacial score (nSPS) is 62.3. The monoisotopic (exact) mass is 252 g/mol. The fraction of sp³-hybridized carbons (Fsp3) is 0. The molecule has 4 bridgehead atoms. The Morgan fingerprint density at radius 3 is 1.58 bits per heavy atom. The topological polar surface area (TPSA) is 89.5 Å². The van der Waals surface area contributed by atoms with Crippen molar-refractivity contribution in [2.45, 2.75) is 0 Å². The van der Waals surface area contributed by atoms with Crippen molar-refractivity contribution in [2.24, 2.45) is 0 Å². The van der Waals surface area contributed by atoms with Gasteiger partial charge in [0.15, 0.2) is 0 Å². The molecule has 0 atom stereocenters. The van der Waals surface area contributed by atoms with Gasteiger partial charge in [0.05, 0.1) is 0 Å². The maximum atomic E-state index is 11.3. The summed E-state index contributed by atoms with van der Waals surface area (Å²) >= 11 is 0. The van der Waals surface area contributed by atoms with E-state index in [2.05, 4.69) is 21.6 Å². The van der Waals surface area contributed by atoms with E-state index in [9.17, 15) is 9.13 Å². The van der Waals surface area contributed by atoms with Gasteiger partial charge in [0, 0.05) is 0 Å². The lowest BCUT2D eigenvalue weighted by Gasteiger charge is -2.41. The molecule has 12 heavy (non-hydrogen) atoms. The van der Waals surface area contributed by atoms with Crippen molar-refractivity contribution in [3.63, 3.8) is 0 Å². The van der Waals surface area contributed by atoms with Gasteiger partial charge in [-0.05, 0) is 0 Å². The third-order valence-corrected chi connectivity index (χ3v) is 9.00. The molecule has 8 nitrogen and oxygen atoms in total. The van der Waals surface area contributed by atoms with Crippen LogP contribution in [-0.2, 0) is 35.0 Å². The standard InChI is InChI=1S/O8P4/c1-11-4-9-3-10(5-11)7-12(2,6-9)8-11. The second kappa shape index (κ2) is 2.36. The van der Waals surface area contributed by atoms with Gasteiger partial charge in [0.1, 0.15) is 0 Å². The third-order valence-electron chi connectivity index (χ3n) is 1.000. The molecule has 68 valence electrons. The van der Waals surface area contributed by atoms with E-state index in [1.807, 2.05) is 0 Å². The first-order valence-corrected chi connectivity index (χ1v) is 7.67. The van der Waals surface area contributed by atoms with Crippen molar-refractivity contribution >= 4 is 32.9 Å². The van der Waals surface area contributed by atoms with Crippen LogP contribution < -0.4 is 0 Å². The lowest BCUT2D eigenvalue weighted by Crippen LogP contribution is -2.15. The molecule has 4 saturated heterocycles. The van der Waals surface area contributed by atoms with E-state index >= 15 is 0 Å². The zero-order chi connectivity index (χ0) is 8.40. The molecule has 4 aliphatic heterocycles. The molecule has 12 heteroatoms. The van der Waals surface area contributed by atoms with Crippen LogP contribution in [0, 0.1) is 0 Å². The number of hydrogen-bond donors (Lipinski definition) is 0. The van der Waals surface area contributed by atoms with E-state index in [1.165, 1.54) is 0 Å². The molecule has 0 radical (unpaired) electrons. The average molecular weight is 252 g/mol. The van der Waals surface area contributed by atoms with Crippen LogP contribution >= 0.6 is 32.9 Å². The Kier molecular flexibility index (Phi) is 1.65. The SMILES string of the molecule is O=P12OP3OP(O1)OP(=O)(O3)O2. The maximum absolute atomic E-state index is 11.3. The fourth-order valence-electron chi connectivity index (χ4n) is 0.682. The predicted octanol–water partition coefficient (Wildman–Crippen LogP) is 2.80. The Hall–Kier alpha value is 1.08. The van der Waals surface area contributed by atoms with Crippen LogP contribution in [0.15, 0.2) is 0 Å². The number of hydrogen-bond acceptors (Lipinski definition) is 8. The van der Waals surface area contributed by atoms with Gasteiger partial charge in [-0.25, -0.2) is 30.7 Å². The lowest BCUT2D eigenvalue weighted by molar-refractivity contribution is 0.136. The zero-order valence-corrected chi connectivity index (χ0v) is 8.63. The van der Waals surface area contributed by atoms with Gasteiger partial charge >= 0.3 is 32.9 Å². The summed E-state index contributed by atoms with van der Waals surface area (Å²) in [6.45, 7) is 0. The molecule has 0 amide bonds. The molecule has 0 spiro atoms. The molecule has 4 heterocycles. The number of phosphoric acid groups is 2. The summed E-state index contributed by atoms with van der Waals surface area (Å²) in [5, 5.41) is 0. The van der Waals surface area contributed by atoms with Crippen molar-refractivity contribution in [1.82, 2.24) is 0 Å². The fourth-order valence-corrected chi connectivity index (χ4v) is 9.36. The third kappa shape index (κ3) is 1.17. The van der Waals surface area contributed by atoms with Crippen LogP contribution in [-0.4, -0.2) is 0 Å². The smallest absolute Gasteiger partial charge is 0.236 e. The van der Waals surface area contributed by atoms with Crippen molar-refractivity contribution < 1.29 is 35.0 Å². The highest BCUT2D eigenvalue weighted by Crippen LogP contribution is 2.95. The van der Waals surface area contributed by atoms with Crippen LogP contribution in [0.5, 0.6) is 0 Å². The molecule has 4 fully saturated rings. The average Bonchev–Trinajstić information content (AvgIpc) is 1.75. The first-order valence-electron chi connectivity index (χ1n) is 2.56. The molecule has 0 aromatic rings. The highest BCUT2D eigenvalue weighted by Gasteiger charge is 2.65. The highest BCUT2D eigenvalue weighted by molar-refractivity contribution is 7.85. The Labute approximate surface area is 68.7 Å². The summed E-state index contributed by atoms with van der Waals surface area (Å²) < 4.78 is 50.0. The van der Waals surface area contributed by atoms with E-state index in [-0.39, 0.29) is 0 Å². The second-order valence-corrected chi connectivity index (χ2v) is 8.43. The summed E-state index contributed by atoms with van der Waals surface area (Å²) in [4.78, 5) is 0. The summed E-state index contributed by atoms with van der Waals surface area (Å²) in [6.07, 6.45) is 0. The predicted molar refractivity (Wildman–Crippen MR) is 35.6 cm³/mol. The lowest BCUT2D eigenvalue weighted by atomic mass is 15.6. The van der Waals surface area contributed by atoms with E-state index in [1.54, 1.807) is 0 Å². The highest BCUT2D eigenvalue weighted by atomic mass is 31.4. The molecule has 0 aromatic carbocycles. The summed E-state index contributed by atoms with van der Waals surface area (Å²) in [7, 11) is -11.2. The summed E-state index contributed by atoms with van der Waals surface area (Å²) in [5.41, 5.74) is 0. The largest absolute Gasteiger partial charge is 0.497 e. The molecule has 4 aliphatic rings. The van der Waals surface area contributed by atoms with Crippen LogP contribution in [0.2, 0.25) is 0 Å². The van der Waals surface area contributed by atoms with Gasteiger partial charge in [-0.1, -0.05) is 0 Å². The van der Waals surface area contributed by atoms with Gasteiger partial charge in [-0.2, -0.15) is 4.31 Å². The van der Waals surface area contributed by atoms with Crippen molar-refractivity contribution in [2.75, 3.05) is 0 Å². The summed E-state index contributed by atoms with van der Waals surface area (Å²) in [6, 6.07) is 0. The van der Waals surface area contributed by atoms with Gasteiger partial charge in [0.25, 0.3) is 0 Å². The minimum atomic E-state index is -3.72. The van der Waals surface area contributed by atoms with Crippen molar-refractivity contribution in [3.05, 3.63) is 0 Å². The molecular weight excluding hydrogens is 252 g/mol. The zero-order valence-electron chi connectivity index (χ0n) is 5.05. The Morgan fingerprint density at radius 1 is 0.833 bits per heavy atom. The van der Waals surface area contributed by atoms with Crippen LogP contribution in [0.25, 0.3) is 0 Å². The van der Waals surface area contributed by atoms with E-state index in [0.29, 0.717) is 0 Å². The van der Waals surface area contributed by atoms with Gasteiger partial charge < -0.3 is 0 Å². The second-order valence-electron chi connectivity index (χ2n) is 1.83. The molecule has 4 rings (SSSR count). The molecule has 0 aliphatic carbocycles. The van der Waals surface area contributed by atoms with Crippen molar-refractivity contribution in [1.29, 1.82) is 0 Å².